The molecule has 2 aromatic rings. The second-order valence-electron chi connectivity index (χ2n) is 8.28. The second kappa shape index (κ2) is 11.0. The maximum absolute atomic E-state index is 13.4. The molecular weight excluding hydrogens is 484 g/mol. The number of hydrogen-bond acceptors (Lipinski definition) is 8. The molecule has 0 aliphatic carbocycles. The van der Waals surface area contributed by atoms with Crippen LogP contribution >= 0.6 is 11.8 Å². The van der Waals surface area contributed by atoms with Crippen molar-refractivity contribution in [3.63, 3.8) is 0 Å². The number of amides is 2. The van der Waals surface area contributed by atoms with E-state index < -0.39 is 28.9 Å². The van der Waals surface area contributed by atoms with Crippen molar-refractivity contribution in [2.24, 2.45) is 0 Å². The smallest absolute Gasteiger partial charge is 0.355 e. The first kappa shape index (κ1) is 25.5. The zero-order valence-corrected chi connectivity index (χ0v) is 20.7. The van der Waals surface area contributed by atoms with Crippen molar-refractivity contribution in [2.75, 3.05) is 19.5 Å². The number of carbonyl (C=O) groups excluding carboxylic acids is 4. The fourth-order valence-electron chi connectivity index (χ4n) is 4.06. The summed E-state index contributed by atoms with van der Waals surface area (Å²) in [6.45, 7) is 1.11. The van der Waals surface area contributed by atoms with Crippen LogP contribution in [-0.4, -0.2) is 59.2 Å². The summed E-state index contributed by atoms with van der Waals surface area (Å²) >= 11 is 1.30. The maximum Gasteiger partial charge on any atom is 0.355 e. The molecule has 0 saturated carbocycles. The fourth-order valence-corrected chi connectivity index (χ4v) is 5.48. The Morgan fingerprint density at radius 3 is 2.25 bits per heavy atom. The van der Waals surface area contributed by atoms with Gasteiger partial charge in [-0.15, -0.1) is 11.8 Å². The number of methoxy groups -OCH3 is 1. The minimum atomic E-state index is -1.63. The van der Waals surface area contributed by atoms with Crippen molar-refractivity contribution in [3.05, 3.63) is 83.1 Å². The van der Waals surface area contributed by atoms with Crippen LogP contribution in [0.1, 0.15) is 18.1 Å². The summed E-state index contributed by atoms with van der Waals surface area (Å²) in [6, 6.07) is 18.3. The van der Waals surface area contributed by atoms with Gasteiger partial charge in [0, 0.05) is 25.4 Å². The molecule has 1 N–H and O–H groups in total. The normalized spacial score (nSPS) is 20.8. The molecule has 1 unspecified atom stereocenters. The molecule has 1 saturated heterocycles. The molecule has 0 bridgehead atoms. The molecule has 2 aromatic carbocycles. The first-order valence-corrected chi connectivity index (χ1v) is 12.3. The van der Waals surface area contributed by atoms with E-state index in [4.69, 9.17) is 14.2 Å². The molecule has 2 aliphatic rings. The largest absolute Gasteiger partial charge is 0.461 e. The van der Waals surface area contributed by atoms with Gasteiger partial charge < -0.3 is 19.5 Å². The number of carbonyl (C=O) groups is 4. The Bertz CT molecular complexity index is 1190. The number of thioether (sulfide) groups is 1. The predicted molar refractivity (Wildman–Crippen MR) is 131 cm³/mol. The van der Waals surface area contributed by atoms with Crippen LogP contribution in [0.2, 0.25) is 0 Å². The number of β-lactam (4-membered cyclic amide) rings is 1. The standard InChI is InChI=1S/C26H26N2O7S/c1-17(29)34-15-20-16-36-25-26(33-2,27-21(30)13-18-9-5-3-6-10-18)24(32)28(25)22(20)23(31)35-14-19-11-7-4-8-12-19/h3-12,25H,13-16H2,1-2H3,(H,27,30)/t25-,26?/m1/s1. The van der Waals surface area contributed by atoms with Gasteiger partial charge in [0.1, 0.15) is 24.3 Å². The van der Waals surface area contributed by atoms with Gasteiger partial charge in [-0.1, -0.05) is 60.7 Å². The van der Waals surface area contributed by atoms with Gasteiger partial charge in [-0.2, -0.15) is 0 Å². The number of nitrogens with one attached hydrogen (secondary N) is 1. The molecule has 4 rings (SSSR count). The second-order valence-corrected chi connectivity index (χ2v) is 9.35. The minimum Gasteiger partial charge on any atom is -0.461 e. The Labute approximate surface area is 212 Å². The summed E-state index contributed by atoms with van der Waals surface area (Å²) < 4.78 is 16.2. The van der Waals surface area contributed by atoms with Crippen LogP contribution in [0.4, 0.5) is 0 Å². The molecule has 2 heterocycles. The highest BCUT2D eigenvalue weighted by Gasteiger charge is 2.66. The summed E-state index contributed by atoms with van der Waals surface area (Å²) in [5.41, 5.74) is 0.386. The number of esters is 2. The van der Waals surface area contributed by atoms with Gasteiger partial charge in [0.25, 0.3) is 11.6 Å². The summed E-state index contributed by atoms with van der Waals surface area (Å²) in [4.78, 5) is 52.0. The summed E-state index contributed by atoms with van der Waals surface area (Å²) in [5, 5.41) is 2.03. The zero-order valence-electron chi connectivity index (χ0n) is 19.9. The Hall–Kier alpha value is -3.63. The number of nitrogens with zero attached hydrogens (tertiary/aromatic N) is 1. The zero-order chi connectivity index (χ0) is 25.7. The highest BCUT2D eigenvalue weighted by molar-refractivity contribution is 8.00. The van der Waals surface area contributed by atoms with Crippen molar-refractivity contribution in [2.45, 2.75) is 31.1 Å². The van der Waals surface area contributed by atoms with Crippen molar-refractivity contribution >= 4 is 35.5 Å². The highest BCUT2D eigenvalue weighted by Crippen LogP contribution is 2.47. The van der Waals surface area contributed by atoms with Crippen LogP contribution in [0.15, 0.2) is 71.9 Å². The van der Waals surface area contributed by atoms with E-state index in [2.05, 4.69) is 5.32 Å². The third-order valence-corrected chi connectivity index (χ3v) is 7.19. The van der Waals surface area contributed by atoms with Gasteiger partial charge in [0.15, 0.2) is 0 Å². The average Bonchev–Trinajstić information content (AvgIpc) is 2.89. The fraction of sp³-hybridized carbons (Fsp3) is 0.308. The molecule has 2 atom stereocenters. The molecule has 0 radical (unpaired) electrons. The Kier molecular flexibility index (Phi) is 7.76. The third kappa shape index (κ3) is 5.14. The van der Waals surface area contributed by atoms with Crippen LogP contribution < -0.4 is 5.32 Å². The molecule has 0 spiro atoms. The lowest BCUT2D eigenvalue weighted by molar-refractivity contribution is -0.193. The van der Waals surface area contributed by atoms with E-state index in [0.717, 1.165) is 11.1 Å². The molecule has 0 aromatic heterocycles. The minimum absolute atomic E-state index is 0.00548. The number of ether oxygens (including phenoxy) is 3. The number of fused-ring (bicyclic) bond motifs is 1. The van der Waals surface area contributed by atoms with E-state index in [1.54, 1.807) is 0 Å². The van der Waals surface area contributed by atoms with Gasteiger partial charge in [-0.25, -0.2) is 4.79 Å². The van der Waals surface area contributed by atoms with E-state index in [9.17, 15) is 19.2 Å². The predicted octanol–water partition coefficient (Wildman–Crippen LogP) is 2.16. The molecule has 36 heavy (non-hydrogen) atoms. The number of hydrogen-bond donors (Lipinski definition) is 1. The average molecular weight is 511 g/mol. The van der Waals surface area contributed by atoms with E-state index in [-0.39, 0.29) is 37.0 Å². The van der Waals surface area contributed by atoms with Crippen LogP contribution in [0.5, 0.6) is 0 Å². The lowest BCUT2D eigenvalue weighted by Gasteiger charge is -2.55. The Morgan fingerprint density at radius 1 is 1.00 bits per heavy atom. The third-order valence-electron chi connectivity index (χ3n) is 5.82. The highest BCUT2D eigenvalue weighted by atomic mass is 32.2. The first-order valence-electron chi connectivity index (χ1n) is 11.3. The van der Waals surface area contributed by atoms with E-state index in [0.29, 0.717) is 5.57 Å². The van der Waals surface area contributed by atoms with Crippen LogP contribution in [-0.2, 0) is 46.4 Å². The van der Waals surface area contributed by atoms with Gasteiger partial charge in [0.2, 0.25) is 5.91 Å². The summed E-state index contributed by atoms with van der Waals surface area (Å²) in [6.07, 6.45) is 0.0656. The topological polar surface area (TPSA) is 111 Å². The lowest BCUT2D eigenvalue weighted by atomic mass is 9.97. The molecule has 9 nitrogen and oxygen atoms in total. The van der Waals surface area contributed by atoms with E-state index in [1.165, 1.54) is 30.7 Å². The van der Waals surface area contributed by atoms with Crippen molar-refractivity contribution in [1.29, 1.82) is 0 Å². The van der Waals surface area contributed by atoms with Gasteiger partial charge in [-0.3, -0.25) is 19.3 Å². The Balaban J connectivity index is 1.55. The van der Waals surface area contributed by atoms with Crippen molar-refractivity contribution in [3.8, 4) is 0 Å². The van der Waals surface area contributed by atoms with Crippen LogP contribution in [0, 0.1) is 0 Å². The SMILES string of the molecule is COC1(NC(=O)Cc2ccccc2)C(=O)N2C(C(=O)OCc3ccccc3)=C(COC(C)=O)CS[C@@H]21. The number of rotatable bonds is 9. The molecule has 10 heteroatoms. The van der Waals surface area contributed by atoms with Crippen molar-refractivity contribution < 1.29 is 33.4 Å². The monoisotopic (exact) mass is 510 g/mol. The lowest BCUT2D eigenvalue weighted by Crippen LogP contribution is -2.80. The first-order chi connectivity index (χ1) is 17.4. The molecule has 1 fully saturated rings. The van der Waals surface area contributed by atoms with Gasteiger partial charge in [0.05, 0.1) is 6.42 Å². The van der Waals surface area contributed by atoms with Crippen LogP contribution in [0.25, 0.3) is 0 Å². The summed E-state index contributed by atoms with van der Waals surface area (Å²) in [5.74, 6) is -1.95. The van der Waals surface area contributed by atoms with Crippen LogP contribution in [0.3, 0.4) is 0 Å². The van der Waals surface area contributed by atoms with E-state index >= 15 is 0 Å². The van der Waals surface area contributed by atoms with Gasteiger partial charge in [-0.05, 0) is 11.1 Å². The number of benzene rings is 2. The van der Waals surface area contributed by atoms with Crippen molar-refractivity contribution in [1.82, 2.24) is 10.2 Å². The molecule has 2 aliphatic heterocycles. The Morgan fingerprint density at radius 2 is 1.64 bits per heavy atom. The summed E-state index contributed by atoms with van der Waals surface area (Å²) in [7, 11) is 1.34. The quantitative estimate of drug-likeness (QED) is 0.310. The van der Waals surface area contributed by atoms with Gasteiger partial charge >= 0.3 is 11.9 Å². The molecule has 188 valence electrons. The molecule has 2 amide bonds. The maximum atomic E-state index is 13.4. The molecular formula is C26H26N2O7S. The van der Waals surface area contributed by atoms with E-state index in [1.807, 2.05) is 60.7 Å².